The number of nitrogen functional groups attached to an aromatic ring is 1. The molecule has 0 aliphatic carbocycles. The number of rotatable bonds is 11. The minimum Gasteiger partial charge on any atom is -0.464 e. The van der Waals surface area contributed by atoms with Crippen molar-refractivity contribution in [2.45, 2.75) is 52.4 Å². The van der Waals surface area contributed by atoms with Crippen LogP contribution in [-0.2, 0) is 0 Å². The molecule has 0 radical (unpaired) electrons. The third-order valence-electron chi connectivity index (χ3n) is 2.83. The van der Waals surface area contributed by atoms with Crippen LogP contribution in [0.2, 0.25) is 0 Å². The molecule has 114 valence electrons. The highest BCUT2D eigenvalue weighted by atomic mass is 16.5. The minimum atomic E-state index is 0.279. The molecule has 0 amide bonds. The monoisotopic (exact) mass is 282 g/mol. The average Bonchev–Trinajstić information content (AvgIpc) is 2.46. The minimum absolute atomic E-state index is 0.279. The molecule has 7 nitrogen and oxygen atoms in total. The number of hydrogen-bond donors (Lipinski definition) is 3. The first-order valence-corrected chi connectivity index (χ1v) is 7.39. The van der Waals surface area contributed by atoms with Crippen molar-refractivity contribution in [3.8, 4) is 6.01 Å². The number of anilines is 2. The molecule has 1 aromatic heterocycles. The molecule has 0 bridgehead atoms. The number of hydrazine groups is 1. The van der Waals surface area contributed by atoms with E-state index in [0.717, 1.165) is 13.0 Å². The zero-order valence-electron chi connectivity index (χ0n) is 12.5. The van der Waals surface area contributed by atoms with E-state index < -0.39 is 0 Å². The lowest BCUT2D eigenvalue weighted by molar-refractivity contribution is 0.312. The van der Waals surface area contributed by atoms with Crippen molar-refractivity contribution in [2.75, 3.05) is 23.9 Å². The van der Waals surface area contributed by atoms with E-state index in [-0.39, 0.29) is 6.01 Å². The SMILES string of the molecule is CCCCCCCCNc1nc(NN)nc(OCC)n1. The Bertz CT molecular complexity index is 374. The predicted molar refractivity (Wildman–Crippen MR) is 80.7 cm³/mol. The van der Waals surface area contributed by atoms with Crippen molar-refractivity contribution < 1.29 is 4.74 Å². The van der Waals surface area contributed by atoms with Gasteiger partial charge in [0.25, 0.3) is 0 Å². The maximum atomic E-state index is 5.32. The van der Waals surface area contributed by atoms with E-state index in [0.29, 0.717) is 18.5 Å². The summed E-state index contributed by atoms with van der Waals surface area (Å²) in [6, 6.07) is 0.279. The molecule has 1 rings (SSSR count). The van der Waals surface area contributed by atoms with Crippen LogP contribution < -0.4 is 21.3 Å². The molecule has 4 N–H and O–H groups in total. The fourth-order valence-electron chi connectivity index (χ4n) is 1.80. The highest BCUT2D eigenvalue weighted by Gasteiger charge is 2.05. The van der Waals surface area contributed by atoms with E-state index in [1.165, 1.54) is 32.1 Å². The fourth-order valence-corrected chi connectivity index (χ4v) is 1.80. The van der Waals surface area contributed by atoms with Gasteiger partial charge >= 0.3 is 6.01 Å². The number of aromatic nitrogens is 3. The van der Waals surface area contributed by atoms with Gasteiger partial charge in [0.1, 0.15) is 0 Å². The lowest BCUT2D eigenvalue weighted by Gasteiger charge is -2.08. The molecule has 0 fully saturated rings. The maximum Gasteiger partial charge on any atom is 0.323 e. The summed E-state index contributed by atoms with van der Waals surface area (Å²) in [6.07, 6.45) is 7.52. The molecular formula is C13H26N6O. The Hall–Kier alpha value is -1.63. The van der Waals surface area contributed by atoms with Crippen molar-refractivity contribution >= 4 is 11.9 Å². The van der Waals surface area contributed by atoms with Crippen molar-refractivity contribution in [1.82, 2.24) is 15.0 Å². The molecule has 0 aromatic carbocycles. The Kier molecular flexibility index (Phi) is 8.37. The van der Waals surface area contributed by atoms with E-state index in [9.17, 15) is 0 Å². The quantitative estimate of drug-likeness (QED) is 0.325. The Morgan fingerprint density at radius 1 is 0.950 bits per heavy atom. The molecule has 0 saturated carbocycles. The summed E-state index contributed by atoms with van der Waals surface area (Å²) in [5.41, 5.74) is 2.41. The lowest BCUT2D eigenvalue weighted by atomic mass is 10.1. The second-order valence-electron chi connectivity index (χ2n) is 4.54. The normalized spacial score (nSPS) is 10.3. The van der Waals surface area contributed by atoms with Gasteiger partial charge in [0.05, 0.1) is 6.61 Å². The van der Waals surface area contributed by atoms with E-state index in [4.69, 9.17) is 10.6 Å². The molecule has 7 heteroatoms. The molecule has 0 saturated heterocycles. The molecule has 0 unspecified atom stereocenters. The van der Waals surface area contributed by atoms with Gasteiger partial charge in [0.15, 0.2) is 0 Å². The summed E-state index contributed by atoms with van der Waals surface area (Å²) in [5.74, 6) is 6.11. The van der Waals surface area contributed by atoms with Crippen LogP contribution in [0.1, 0.15) is 52.4 Å². The summed E-state index contributed by atoms with van der Waals surface area (Å²) < 4.78 is 5.26. The van der Waals surface area contributed by atoms with Crippen molar-refractivity contribution in [2.24, 2.45) is 5.84 Å². The molecule has 0 aliphatic heterocycles. The number of ether oxygens (including phenoxy) is 1. The lowest BCUT2D eigenvalue weighted by Crippen LogP contribution is -2.15. The number of nitrogens with two attached hydrogens (primary N) is 1. The third kappa shape index (κ3) is 6.51. The summed E-state index contributed by atoms with van der Waals surface area (Å²) in [7, 11) is 0. The first kappa shape index (κ1) is 16.4. The van der Waals surface area contributed by atoms with E-state index in [1.54, 1.807) is 0 Å². The number of hydrogen-bond acceptors (Lipinski definition) is 7. The zero-order valence-corrected chi connectivity index (χ0v) is 12.5. The maximum absolute atomic E-state index is 5.32. The van der Waals surface area contributed by atoms with Crippen molar-refractivity contribution in [3.63, 3.8) is 0 Å². The van der Waals surface area contributed by atoms with Gasteiger partial charge in [-0.3, -0.25) is 5.43 Å². The number of nitrogens with zero attached hydrogens (tertiary/aromatic N) is 3. The molecule has 0 spiro atoms. The topological polar surface area (TPSA) is 98.0 Å². The summed E-state index contributed by atoms with van der Waals surface area (Å²) in [4.78, 5) is 12.3. The van der Waals surface area contributed by atoms with Crippen molar-refractivity contribution in [1.29, 1.82) is 0 Å². The highest BCUT2D eigenvalue weighted by molar-refractivity contribution is 5.34. The van der Waals surface area contributed by atoms with Gasteiger partial charge in [0, 0.05) is 6.54 Å². The van der Waals surface area contributed by atoms with Gasteiger partial charge in [-0.15, -0.1) is 0 Å². The van der Waals surface area contributed by atoms with Gasteiger partial charge in [-0.2, -0.15) is 15.0 Å². The molecule has 20 heavy (non-hydrogen) atoms. The number of unbranched alkanes of at least 4 members (excludes halogenated alkanes) is 5. The van der Waals surface area contributed by atoms with Crippen LogP contribution in [0.5, 0.6) is 6.01 Å². The van der Waals surface area contributed by atoms with Crippen LogP contribution in [-0.4, -0.2) is 28.1 Å². The van der Waals surface area contributed by atoms with E-state index in [2.05, 4.69) is 32.6 Å². The first-order valence-electron chi connectivity index (χ1n) is 7.39. The molecule has 1 aromatic rings. The van der Waals surface area contributed by atoms with Crippen LogP contribution in [0, 0.1) is 0 Å². The third-order valence-corrected chi connectivity index (χ3v) is 2.83. The Labute approximate surface area is 120 Å². The van der Waals surface area contributed by atoms with Crippen LogP contribution in [0.3, 0.4) is 0 Å². The molecule has 0 aliphatic rings. The second kappa shape index (κ2) is 10.2. The van der Waals surface area contributed by atoms with Gasteiger partial charge in [-0.05, 0) is 13.3 Å². The van der Waals surface area contributed by atoms with Gasteiger partial charge in [0.2, 0.25) is 11.9 Å². The second-order valence-corrected chi connectivity index (χ2v) is 4.54. The van der Waals surface area contributed by atoms with E-state index in [1.807, 2.05) is 6.92 Å². The smallest absolute Gasteiger partial charge is 0.323 e. The first-order chi connectivity index (χ1) is 9.80. The van der Waals surface area contributed by atoms with Crippen molar-refractivity contribution in [3.05, 3.63) is 0 Å². The summed E-state index contributed by atoms with van der Waals surface area (Å²) >= 11 is 0. The van der Waals surface area contributed by atoms with Gasteiger partial charge in [-0.1, -0.05) is 39.0 Å². The summed E-state index contributed by atoms with van der Waals surface area (Å²) in [5, 5.41) is 3.17. The fraction of sp³-hybridized carbons (Fsp3) is 0.769. The molecular weight excluding hydrogens is 256 g/mol. The molecule has 0 atom stereocenters. The average molecular weight is 282 g/mol. The Morgan fingerprint density at radius 3 is 2.35 bits per heavy atom. The number of nitrogens with one attached hydrogen (secondary N) is 2. The van der Waals surface area contributed by atoms with Gasteiger partial charge < -0.3 is 10.1 Å². The predicted octanol–water partition coefficient (Wildman–Crippen LogP) is 2.33. The van der Waals surface area contributed by atoms with Crippen LogP contribution in [0.25, 0.3) is 0 Å². The Balaban J connectivity index is 2.33. The Morgan fingerprint density at radius 2 is 1.65 bits per heavy atom. The zero-order chi connectivity index (χ0) is 14.6. The van der Waals surface area contributed by atoms with Crippen LogP contribution >= 0.6 is 0 Å². The van der Waals surface area contributed by atoms with Crippen LogP contribution in [0.15, 0.2) is 0 Å². The largest absolute Gasteiger partial charge is 0.464 e. The van der Waals surface area contributed by atoms with E-state index >= 15 is 0 Å². The summed E-state index contributed by atoms with van der Waals surface area (Å²) in [6.45, 7) is 5.45. The van der Waals surface area contributed by atoms with Crippen LogP contribution in [0.4, 0.5) is 11.9 Å². The molecule has 1 heterocycles. The highest BCUT2D eigenvalue weighted by Crippen LogP contribution is 2.11. The standard InChI is InChI=1S/C13H26N6O/c1-3-5-6-7-8-9-10-15-11-16-12(19-14)18-13(17-11)20-4-2/h3-10,14H2,1-2H3,(H2,15,16,17,18,19). The van der Waals surface area contributed by atoms with Gasteiger partial charge in [-0.25, -0.2) is 5.84 Å².